The maximum atomic E-state index is 6.91. The van der Waals surface area contributed by atoms with Gasteiger partial charge in [-0.15, -0.1) is 5.43 Å². The quantitative estimate of drug-likeness (QED) is 0.357. The molecule has 3 aromatic carbocycles. The Hall–Kier alpha value is -3.57. The maximum Gasteiger partial charge on any atom is 0.507 e. The lowest BCUT2D eigenvalue weighted by Crippen LogP contribution is -2.66. The molecule has 0 saturated carbocycles. The van der Waals surface area contributed by atoms with E-state index >= 15 is 0 Å². The number of ketones is 1. The molecule has 0 bridgehead atoms. The van der Waals surface area contributed by atoms with Gasteiger partial charge in [0, 0.05) is 11.7 Å². The van der Waals surface area contributed by atoms with Gasteiger partial charge in [-0.1, -0.05) is 83.2 Å². The molecule has 0 saturated heterocycles. The molecule has 5 rings (SSSR count). The molecule has 0 aliphatic carbocycles. The van der Waals surface area contributed by atoms with Gasteiger partial charge in [0.15, 0.2) is 5.16 Å². The Kier molecular flexibility index (Phi) is 4.96. The summed E-state index contributed by atoms with van der Waals surface area (Å²) in [6.07, 6.45) is 1.95. The van der Waals surface area contributed by atoms with Crippen LogP contribution in [-0.4, -0.2) is 24.9 Å². The van der Waals surface area contributed by atoms with E-state index in [2.05, 4.69) is 34.8 Å². The van der Waals surface area contributed by atoms with E-state index in [1.165, 1.54) is 0 Å². The van der Waals surface area contributed by atoms with Crippen LogP contribution in [0.1, 0.15) is 9.91 Å². The van der Waals surface area contributed by atoms with Gasteiger partial charge in [0.25, 0.3) is 5.78 Å². The predicted molar refractivity (Wildman–Crippen MR) is 127 cm³/mol. The van der Waals surface area contributed by atoms with Crippen LogP contribution in [0.25, 0.3) is 0 Å². The van der Waals surface area contributed by atoms with E-state index in [0.717, 1.165) is 39.2 Å². The largest absolute Gasteiger partial charge is 0.524 e. The number of carbonyl (C=O) groups excluding carboxylic acids is 1. The van der Waals surface area contributed by atoms with Crippen molar-refractivity contribution in [1.82, 2.24) is 5.43 Å². The highest BCUT2D eigenvalue weighted by atomic mass is 35.5. The summed E-state index contributed by atoms with van der Waals surface area (Å²) in [6, 6.07) is 28.2. The number of benzene rings is 3. The third-order valence-corrected chi connectivity index (χ3v) is 5.90. The Morgan fingerprint density at radius 3 is 2.00 bits per heavy atom. The fourth-order valence-corrected chi connectivity index (χ4v) is 4.40. The Balaban J connectivity index is 1.80. The number of hydrogen-bond donors (Lipinski definition) is 0. The lowest BCUT2D eigenvalue weighted by molar-refractivity contribution is -0.0872. The van der Waals surface area contributed by atoms with Crippen molar-refractivity contribution < 1.29 is 9.08 Å². The highest BCUT2D eigenvalue weighted by Crippen LogP contribution is 2.27. The fourth-order valence-electron chi connectivity index (χ4n) is 4.24. The molecule has 4 nitrogen and oxygen atoms in total. The number of fused-ring (bicyclic) bond motifs is 1. The molecule has 31 heavy (non-hydrogen) atoms. The number of methoxy groups -OCH3 is 1. The summed E-state index contributed by atoms with van der Waals surface area (Å²) in [5.74, 6) is 1.53. The van der Waals surface area contributed by atoms with Gasteiger partial charge in [0.1, 0.15) is 5.75 Å². The van der Waals surface area contributed by atoms with Gasteiger partial charge < -0.3 is 9.08 Å². The van der Waals surface area contributed by atoms with E-state index in [1.54, 1.807) is 7.11 Å². The van der Waals surface area contributed by atoms with Crippen LogP contribution in [0.15, 0.2) is 113 Å². The Morgan fingerprint density at radius 2 is 1.42 bits per heavy atom. The number of hydrogen-bond acceptors (Lipinski definition) is 2. The number of ether oxygens (including phenoxy) is 1. The van der Waals surface area contributed by atoms with Crippen molar-refractivity contribution in [3.63, 3.8) is 0 Å². The molecule has 0 unspecified atom stereocenters. The molecule has 151 valence electrons. The zero-order valence-electron chi connectivity index (χ0n) is 16.9. The van der Waals surface area contributed by atoms with Gasteiger partial charge >= 0.3 is 6.35 Å². The second-order valence-electron chi connectivity index (χ2n) is 7.47. The van der Waals surface area contributed by atoms with Crippen molar-refractivity contribution in [3.05, 3.63) is 113 Å². The molecule has 0 spiro atoms. The molecule has 3 aromatic rings. The first kappa shape index (κ1) is 19.4. The summed E-state index contributed by atoms with van der Waals surface area (Å²) in [7, 11) is 1.65. The van der Waals surface area contributed by atoms with Crippen LogP contribution in [0.2, 0.25) is 0 Å². The SMILES string of the molecule is COc1ccc(C2=[O+][B-](c3ccccc3)(c3ccccc3)C3=N[N]C(Cl)=CC3=C2)cc1. The van der Waals surface area contributed by atoms with E-state index < -0.39 is 6.35 Å². The third kappa shape index (κ3) is 3.37. The topological polar surface area (TPSA) is 47.0 Å². The summed E-state index contributed by atoms with van der Waals surface area (Å²) in [5.41, 5.74) is 8.80. The lowest BCUT2D eigenvalue weighted by atomic mass is 9.27. The van der Waals surface area contributed by atoms with Crippen LogP contribution in [-0.2, 0) is 0 Å². The molecule has 0 N–H and O–H groups in total. The molecule has 2 aliphatic heterocycles. The highest BCUT2D eigenvalue weighted by molar-refractivity contribution is 7.20. The normalized spacial score (nSPS) is 16.7. The first-order valence-corrected chi connectivity index (χ1v) is 10.4. The molecule has 2 heterocycles. The number of nitrogens with zero attached hydrogens (tertiary/aromatic N) is 2. The number of halogens is 1. The second-order valence-corrected chi connectivity index (χ2v) is 7.86. The van der Waals surface area contributed by atoms with E-state index in [0.29, 0.717) is 5.16 Å². The minimum Gasteiger partial charge on any atom is -0.524 e. The van der Waals surface area contributed by atoms with Crippen molar-refractivity contribution >= 4 is 40.3 Å². The zero-order chi connectivity index (χ0) is 21.3. The van der Waals surface area contributed by atoms with Crippen molar-refractivity contribution in [3.8, 4) is 5.75 Å². The third-order valence-electron chi connectivity index (χ3n) is 5.71. The van der Waals surface area contributed by atoms with Crippen molar-refractivity contribution in [2.75, 3.05) is 7.11 Å². The molecular formula is C25H19BClN2O2. The lowest BCUT2D eigenvalue weighted by Gasteiger charge is -2.33. The van der Waals surface area contributed by atoms with Crippen LogP contribution in [0.3, 0.4) is 0 Å². The Bertz CT molecular complexity index is 1190. The van der Waals surface area contributed by atoms with Crippen molar-refractivity contribution in [2.24, 2.45) is 5.10 Å². The summed E-state index contributed by atoms with van der Waals surface area (Å²) in [4.78, 5) is 0. The summed E-state index contributed by atoms with van der Waals surface area (Å²) in [6.45, 7) is 0. The van der Waals surface area contributed by atoms with Gasteiger partial charge in [-0.25, -0.2) is 0 Å². The van der Waals surface area contributed by atoms with Gasteiger partial charge in [-0.05, 0) is 35.9 Å². The van der Waals surface area contributed by atoms with Crippen LogP contribution in [0, 0.1) is 0 Å². The first-order valence-electron chi connectivity index (χ1n) is 10.1. The molecule has 1 radical (unpaired) electrons. The van der Waals surface area contributed by atoms with Crippen LogP contribution < -0.4 is 21.1 Å². The minimum absolute atomic E-state index is 0.344. The number of allylic oxidation sites excluding steroid dienone is 3. The molecular weight excluding hydrogens is 407 g/mol. The summed E-state index contributed by atoms with van der Waals surface area (Å²) >= 11 is 6.24. The molecule has 0 atom stereocenters. The van der Waals surface area contributed by atoms with Gasteiger partial charge in [-0.2, -0.15) is 5.10 Å². The molecule has 2 aliphatic rings. The Labute approximate surface area is 186 Å². The van der Waals surface area contributed by atoms with Gasteiger partial charge in [0.2, 0.25) is 0 Å². The molecule has 6 heteroatoms. The maximum absolute atomic E-state index is 6.91. The average molecular weight is 426 g/mol. The van der Waals surface area contributed by atoms with Gasteiger partial charge in [-0.3, -0.25) is 0 Å². The molecule has 0 amide bonds. The van der Waals surface area contributed by atoms with Crippen molar-refractivity contribution in [2.45, 2.75) is 0 Å². The van der Waals surface area contributed by atoms with Crippen molar-refractivity contribution in [1.29, 1.82) is 0 Å². The number of rotatable bonds is 4. The highest BCUT2D eigenvalue weighted by Gasteiger charge is 2.52. The van der Waals surface area contributed by atoms with Crippen LogP contribution >= 0.6 is 11.6 Å². The predicted octanol–water partition coefficient (Wildman–Crippen LogP) is 3.71. The Morgan fingerprint density at radius 1 is 0.806 bits per heavy atom. The molecule has 0 fully saturated rings. The van der Waals surface area contributed by atoms with E-state index in [-0.39, 0.29) is 0 Å². The van der Waals surface area contributed by atoms with Gasteiger partial charge in [0.05, 0.1) is 12.7 Å². The molecule has 0 aromatic heterocycles. The standard InChI is InChI=1S/C25H19BClN2O2/c1-30-22-14-12-18(13-15-22)23-16-19-17-24(27)28-29-25(19)26(31-23,20-8-4-2-5-9-20)21-10-6-3-7-11-21/h2-17H,1H3. The summed E-state index contributed by atoms with van der Waals surface area (Å²) < 4.78 is 12.2. The average Bonchev–Trinajstić information content (AvgIpc) is 2.84. The fraction of sp³-hybridized carbons (Fsp3) is 0.0400. The van der Waals surface area contributed by atoms with E-state index in [9.17, 15) is 0 Å². The zero-order valence-corrected chi connectivity index (χ0v) is 17.7. The van der Waals surface area contributed by atoms with Crippen LogP contribution in [0.5, 0.6) is 5.75 Å². The van der Waals surface area contributed by atoms with Crippen LogP contribution in [0.4, 0.5) is 0 Å². The summed E-state index contributed by atoms with van der Waals surface area (Å²) in [5, 5.41) is 4.88. The smallest absolute Gasteiger partial charge is 0.507 e. The minimum atomic E-state index is -1.88. The van der Waals surface area contributed by atoms with E-state index in [1.807, 2.05) is 72.8 Å². The first-order chi connectivity index (χ1) is 15.2. The van der Waals surface area contributed by atoms with E-state index in [4.69, 9.17) is 20.7 Å². The second kappa shape index (κ2) is 7.93. The monoisotopic (exact) mass is 425 g/mol.